The molecule has 2 heterocycles. The third-order valence-electron chi connectivity index (χ3n) is 3.75. The minimum Gasteiger partial charge on any atom is -0.335 e. The molecule has 3 unspecified atom stereocenters. The predicted octanol–water partition coefficient (Wildman–Crippen LogP) is 4.78. The highest BCUT2D eigenvalue weighted by molar-refractivity contribution is 9.12. The minimum atomic E-state index is 0.148. The van der Waals surface area contributed by atoms with E-state index in [1.54, 1.807) is 11.3 Å². The highest BCUT2D eigenvalue weighted by Crippen LogP contribution is 2.35. The van der Waals surface area contributed by atoms with Gasteiger partial charge in [0.2, 0.25) is 0 Å². The van der Waals surface area contributed by atoms with Crippen LogP contribution in [0.4, 0.5) is 0 Å². The summed E-state index contributed by atoms with van der Waals surface area (Å²) in [6.07, 6.45) is 1.21. The van der Waals surface area contributed by atoms with Crippen LogP contribution in [-0.2, 0) is 0 Å². The van der Waals surface area contributed by atoms with Crippen molar-refractivity contribution in [3.8, 4) is 0 Å². The van der Waals surface area contributed by atoms with Gasteiger partial charge in [-0.15, -0.1) is 11.3 Å². The average molecular weight is 395 g/mol. The van der Waals surface area contributed by atoms with Crippen molar-refractivity contribution in [2.24, 2.45) is 11.8 Å². The fourth-order valence-electron chi connectivity index (χ4n) is 2.62. The number of piperidine rings is 1. The van der Waals surface area contributed by atoms with Gasteiger partial charge in [-0.05, 0) is 63.1 Å². The molecule has 0 bridgehead atoms. The first-order valence-corrected chi connectivity index (χ1v) is 8.56. The fourth-order valence-corrected chi connectivity index (χ4v) is 5.40. The van der Waals surface area contributed by atoms with E-state index in [9.17, 15) is 4.79 Å². The van der Waals surface area contributed by atoms with Crippen molar-refractivity contribution in [3.63, 3.8) is 0 Å². The molecule has 100 valence electrons. The molecule has 1 saturated heterocycles. The largest absolute Gasteiger partial charge is 0.335 e. The van der Waals surface area contributed by atoms with Gasteiger partial charge >= 0.3 is 0 Å². The molecule has 0 aliphatic carbocycles. The second kappa shape index (κ2) is 5.63. The van der Waals surface area contributed by atoms with Gasteiger partial charge in [-0.25, -0.2) is 0 Å². The lowest BCUT2D eigenvalue weighted by atomic mass is 9.85. The Morgan fingerprint density at radius 3 is 2.61 bits per heavy atom. The summed E-state index contributed by atoms with van der Waals surface area (Å²) in [6.45, 7) is 7.48. The maximum absolute atomic E-state index is 12.6. The molecule has 0 spiro atoms. The molecule has 1 aromatic heterocycles. The average Bonchev–Trinajstić information content (AvgIpc) is 2.62. The summed E-state index contributed by atoms with van der Waals surface area (Å²) in [6, 6.07) is 2.23. The number of thiophene rings is 1. The molecule has 3 atom stereocenters. The fraction of sp³-hybridized carbons (Fsp3) is 0.615. The molecular formula is C13H17Br2NOS. The van der Waals surface area contributed by atoms with Crippen LogP contribution >= 0.6 is 43.2 Å². The Morgan fingerprint density at radius 1 is 1.39 bits per heavy atom. The second-order valence-electron chi connectivity index (χ2n) is 5.25. The first kappa shape index (κ1) is 14.5. The Hall–Kier alpha value is 0.130. The molecule has 1 fully saturated rings. The van der Waals surface area contributed by atoms with E-state index in [0.29, 0.717) is 17.9 Å². The number of halogens is 2. The van der Waals surface area contributed by atoms with E-state index in [4.69, 9.17) is 0 Å². The molecule has 18 heavy (non-hydrogen) atoms. The second-order valence-corrected chi connectivity index (χ2v) is 9.00. The van der Waals surface area contributed by atoms with Gasteiger partial charge in [0.05, 0.1) is 13.1 Å². The molecule has 1 aliphatic rings. The van der Waals surface area contributed by atoms with Crippen LogP contribution in [0.5, 0.6) is 0 Å². The number of nitrogens with zero attached hydrogens (tertiary/aromatic N) is 1. The molecule has 0 N–H and O–H groups in total. The molecule has 1 amide bonds. The quantitative estimate of drug-likeness (QED) is 0.671. The zero-order valence-corrected chi connectivity index (χ0v) is 14.7. The van der Waals surface area contributed by atoms with Gasteiger partial charge in [0.25, 0.3) is 5.91 Å². The van der Waals surface area contributed by atoms with Crippen LogP contribution in [-0.4, -0.2) is 23.4 Å². The van der Waals surface area contributed by atoms with E-state index < -0.39 is 0 Å². The van der Waals surface area contributed by atoms with E-state index >= 15 is 0 Å². The van der Waals surface area contributed by atoms with Crippen molar-refractivity contribution in [3.05, 3.63) is 19.2 Å². The van der Waals surface area contributed by atoms with Gasteiger partial charge < -0.3 is 4.90 Å². The van der Waals surface area contributed by atoms with Crippen LogP contribution < -0.4 is 0 Å². The van der Waals surface area contributed by atoms with E-state index in [2.05, 4.69) is 52.6 Å². The van der Waals surface area contributed by atoms with Gasteiger partial charge in [0.15, 0.2) is 0 Å². The Morgan fingerprint density at radius 2 is 2.06 bits per heavy atom. The summed E-state index contributed by atoms with van der Waals surface area (Å²) in [4.78, 5) is 14.6. The topological polar surface area (TPSA) is 20.3 Å². The van der Waals surface area contributed by atoms with Gasteiger partial charge in [0.1, 0.15) is 0 Å². The first-order valence-electron chi connectivity index (χ1n) is 6.16. The van der Waals surface area contributed by atoms with Crippen molar-refractivity contribution >= 4 is 49.1 Å². The summed E-state index contributed by atoms with van der Waals surface area (Å²) in [7, 11) is 0. The van der Waals surface area contributed by atoms with Crippen molar-refractivity contribution in [1.29, 1.82) is 0 Å². The molecule has 1 aromatic rings. The maximum atomic E-state index is 12.6. The van der Waals surface area contributed by atoms with Crippen molar-refractivity contribution in [2.75, 3.05) is 6.54 Å². The number of carbonyl (C=O) groups is 1. The molecule has 2 rings (SSSR count). The number of amides is 1. The lowest BCUT2D eigenvalue weighted by Gasteiger charge is -2.41. The summed E-state index contributed by atoms with van der Waals surface area (Å²) >= 11 is 8.46. The van der Waals surface area contributed by atoms with Crippen molar-refractivity contribution in [2.45, 2.75) is 33.2 Å². The lowest BCUT2D eigenvalue weighted by molar-refractivity contribution is 0.0455. The maximum Gasteiger partial charge on any atom is 0.256 e. The minimum absolute atomic E-state index is 0.148. The summed E-state index contributed by atoms with van der Waals surface area (Å²) < 4.78 is 1.90. The van der Waals surface area contributed by atoms with E-state index in [0.717, 1.165) is 19.7 Å². The van der Waals surface area contributed by atoms with E-state index in [-0.39, 0.29) is 5.91 Å². The molecule has 2 nitrogen and oxygen atoms in total. The van der Waals surface area contributed by atoms with Crippen LogP contribution in [0.3, 0.4) is 0 Å². The summed E-state index contributed by atoms with van der Waals surface area (Å²) in [5, 5.41) is 0. The zero-order valence-electron chi connectivity index (χ0n) is 10.7. The van der Waals surface area contributed by atoms with Gasteiger partial charge in [0, 0.05) is 12.6 Å². The molecular weight excluding hydrogens is 378 g/mol. The number of carbonyl (C=O) groups excluding carboxylic acids is 1. The van der Waals surface area contributed by atoms with Crippen LogP contribution in [0.15, 0.2) is 13.6 Å². The van der Waals surface area contributed by atoms with Crippen LogP contribution in [0.1, 0.15) is 37.6 Å². The number of hydrogen-bond donors (Lipinski definition) is 0. The Balaban J connectivity index is 2.25. The Kier molecular flexibility index (Phi) is 4.55. The molecule has 0 radical (unpaired) electrons. The molecule has 0 saturated carbocycles. The number of rotatable bonds is 1. The number of likely N-dealkylation sites (tertiary alicyclic amines) is 1. The van der Waals surface area contributed by atoms with Crippen LogP contribution in [0.2, 0.25) is 0 Å². The predicted molar refractivity (Wildman–Crippen MR) is 83.2 cm³/mol. The normalized spacial score (nSPS) is 28.5. The zero-order chi connectivity index (χ0) is 13.4. The van der Waals surface area contributed by atoms with E-state index in [1.807, 2.05) is 11.0 Å². The van der Waals surface area contributed by atoms with Crippen LogP contribution in [0, 0.1) is 11.8 Å². The SMILES string of the molecule is CC1CC(C)C(C)N(C(=O)c2cc(Br)sc2Br)C1. The summed E-state index contributed by atoms with van der Waals surface area (Å²) in [5.41, 5.74) is 0.778. The van der Waals surface area contributed by atoms with Gasteiger partial charge in [-0.1, -0.05) is 13.8 Å². The Labute approximate surface area is 129 Å². The smallest absolute Gasteiger partial charge is 0.256 e. The third kappa shape index (κ3) is 2.83. The molecule has 0 aromatic carbocycles. The van der Waals surface area contributed by atoms with Gasteiger partial charge in [-0.2, -0.15) is 0 Å². The van der Waals surface area contributed by atoms with Crippen LogP contribution in [0.25, 0.3) is 0 Å². The summed E-state index contributed by atoms with van der Waals surface area (Å²) in [5.74, 6) is 1.30. The Bertz CT molecular complexity index is 460. The highest BCUT2D eigenvalue weighted by atomic mass is 79.9. The molecule has 1 aliphatic heterocycles. The number of hydrogen-bond acceptors (Lipinski definition) is 2. The first-order chi connectivity index (χ1) is 8.40. The monoisotopic (exact) mass is 393 g/mol. The highest BCUT2D eigenvalue weighted by Gasteiger charge is 2.33. The standard InChI is InChI=1S/C13H17Br2NOS/c1-7-4-8(2)9(3)16(6-7)13(17)10-5-11(14)18-12(10)15/h5,7-9H,4,6H2,1-3H3. The van der Waals surface area contributed by atoms with Gasteiger partial charge in [-0.3, -0.25) is 4.79 Å². The van der Waals surface area contributed by atoms with E-state index in [1.165, 1.54) is 6.42 Å². The third-order valence-corrected chi connectivity index (χ3v) is 6.08. The van der Waals surface area contributed by atoms with Crippen molar-refractivity contribution in [1.82, 2.24) is 4.90 Å². The molecule has 5 heteroatoms. The van der Waals surface area contributed by atoms with Crippen molar-refractivity contribution < 1.29 is 4.79 Å². The lowest BCUT2D eigenvalue weighted by Crippen LogP contribution is -2.48.